The van der Waals surface area contributed by atoms with Crippen molar-refractivity contribution < 1.29 is 0 Å². The average molecular weight is 233 g/mol. The van der Waals surface area contributed by atoms with Crippen LogP contribution in [0.25, 0.3) is 0 Å². The molecule has 0 bridgehead atoms. The Kier molecular flexibility index (Phi) is 3.40. The third-order valence-electron chi connectivity index (χ3n) is 2.42. The summed E-state index contributed by atoms with van der Waals surface area (Å²) in [5.74, 6) is 6.27. The molecule has 7 heteroatoms. The smallest absolute Gasteiger partial charge is 0.125 e. The zero-order valence-corrected chi connectivity index (χ0v) is 9.83. The van der Waals surface area contributed by atoms with Crippen LogP contribution in [0, 0.1) is 6.92 Å². The normalized spacial score (nSPS) is 12.6. The molecule has 2 aromatic heterocycles. The molecule has 0 aliphatic heterocycles. The van der Waals surface area contributed by atoms with E-state index in [0.29, 0.717) is 6.42 Å². The van der Waals surface area contributed by atoms with Gasteiger partial charge >= 0.3 is 0 Å². The van der Waals surface area contributed by atoms with Crippen molar-refractivity contribution in [2.24, 2.45) is 12.9 Å². The molecule has 0 amide bonds. The summed E-state index contributed by atoms with van der Waals surface area (Å²) in [6, 6.07) is 1.75. The first-order chi connectivity index (χ1) is 8.19. The van der Waals surface area contributed by atoms with Gasteiger partial charge in [-0.3, -0.25) is 16.0 Å². The van der Waals surface area contributed by atoms with Gasteiger partial charge in [-0.1, -0.05) is 5.21 Å². The second kappa shape index (κ2) is 4.98. The van der Waals surface area contributed by atoms with Gasteiger partial charge in [-0.15, -0.1) is 5.10 Å². The molecule has 1 atom stereocenters. The molecular formula is C10H15N7. The zero-order chi connectivity index (χ0) is 12.3. The first-order valence-electron chi connectivity index (χ1n) is 5.30. The molecule has 0 radical (unpaired) electrons. The van der Waals surface area contributed by atoms with E-state index in [1.807, 2.05) is 26.2 Å². The minimum absolute atomic E-state index is 0.0894. The van der Waals surface area contributed by atoms with Crippen LogP contribution in [0.2, 0.25) is 0 Å². The molecule has 2 aromatic rings. The summed E-state index contributed by atoms with van der Waals surface area (Å²) in [6.07, 6.45) is 4.22. The van der Waals surface area contributed by atoms with Crippen molar-refractivity contribution in [3.05, 3.63) is 35.7 Å². The lowest BCUT2D eigenvalue weighted by atomic mass is 10.1. The summed E-state index contributed by atoms with van der Waals surface area (Å²) in [5.41, 5.74) is 4.46. The van der Waals surface area contributed by atoms with Crippen LogP contribution in [0.3, 0.4) is 0 Å². The van der Waals surface area contributed by atoms with E-state index in [1.54, 1.807) is 10.9 Å². The highest BCUT2D eigenvalue weighted by Crippen LogP contribution is 2.13. The minimum atomic E-state index is -0.0894. The van der Waals surface area contributed by atoms with E-state index in [2.05, 4.69) is 25.7 Å². The van der Waals surface area contributed by atoms with Gasteiger partial charge in [0.2, 0.25) is 0 Å². The van der Waals surface area contributed by atoms with Gasteiger partial charge in [0.1, 0.15) is 5.82 Å². The third-order valence-corrected chi connectivity index (χ3v) is 2.42. The van der Waals surface area contributed by atoms with Crippen molar-refractivity contribution in [1.82, 2.24) is 30.4 Å². The van der Waals surface area contributed by atoms with E-state index in [0.717, 1.165) is 17.2 Å². The second-order valence-electron chi connectivity index (χ2n) is 3.84. The molecule has 2 heterocycles. The predicted octanol–water partition coefficient (Wildman–Crippen LogP) is -0.339. The summed E-state index contributed by atoms with van der Waals surface area (Å²) in [7, 11) is 1.83. The van der Waals surface area contributed by atoms with Crippen LogP contribution in [-0.4, -0.2) is 25.0 Å². The monoisotopic (exact) mass is 233 g/mol. The molecule has 3 N–H and O–H groups in total. The van der Waals surface area contributed by atoms with E-state index < -0.39 is 0 Å². The molecule has 1 unspecified atom stereocenters. The van der Waals surface area contributed by atoms with E-state index >= 15 is 0 Å². The Morgan fingerprint density at radius 2 is 2.35 bits per heavy atom. The van der Waals surface area contributed by atoms with Gasteiger partial charge in [0.05, 0.1) is 17.4 Å². The number of hydrazine groups is 1. The first kappa shape index (κ1) is 11.6. The van der Waals surface area contributed by atoms with Gasteiger partial charge in [-0.2, -0.15) is 0 Å². The molecule has 7 nitrogen and oxygen atoms in total. The highest BCUT2D eigenvalue weighted by molar-refractivity contribution is 5.10. The fourth-order valence-corrected chi connectivity index (χ4v) is 1.62. The number of aromatic nitrogens is 5. The second-order valence-corrected chi connectivity index (χ2v) is 3.84. The number of nitrogens with two attached hydrogens (primary N) is 1. The maximum Gasteiger partial charge on any atom is 0.125 e. The van der Waals surface area contributed by atoms with Crippen molar-refractivity contribution in [2.75, 3.05) is 0 Å². The highest BCUT2D eigenvalue weighted by Gasteiger charge is 2.14. The largest absolute Gasteiger partial charge is 0.271 e. The van der Waals surface area contributed by atoms with Crippen molar-refractivity contribution in [3.8, 4) is 0 Å². The molecular weight excluding hydrogens is 218 g/mol. The molecule has 0 aliphatic carbocycles. The molecule has 0 aliphatic rings. The maximum atomic E-state index is 5.54. The van der Waals surface area contributed by atoms with Crippen molar-refractivity contribution in [2.45, 2.75) is 19.4 Å². The average Bonchev–Trinajstić information content (AvgIpc) is 2.72. The molecule has 0 saturated heterocycles. The van der Waals surface area contributed by atoms with E-state index in [1.165, 1.54) is 0 Å². The van der Waals surface area contributed by atoms with Gasteiger partial charge in [0.15, 0.2) is 0 Å². The van der Waals surface area contributed by atoms with E-state index in [9.17, 15) is 0 Å². The van der Waals surface area contributed by atoms with Crippen molar-refractivity contribution in [1.29, 1.82) is 0 Å². The van der Waals surface area contributed by atoms with Gasteiger partial charge < -0.3 is 0 Å². The lowest BCUT2D eigenvalue weighted by Gasteiger charge is -2.13. The van der Waals surface area contributed by atoms with Gasteiger partial charge in [-0.05, 0) is 13.0 Å². The molecule has 2 rings (SSSR count). The van der Waals surface area contributed by atoms with E-state index in [-0.39, 0.29) is 6.04 Å². The molecule has 90 valence electrons. The number of hydrogen-bond acceptors (Lipinski definition) is 6. The van der Waals surface area contributed by atoms with E-state index in [4.69, 9.17) is 5.84 Å². The lowest BCUT2D eigenvalue weighted by molar-refractivity contribution is 0.529. The zero-order valence-electron chi connectivity index (χ0n) is 9.83. The quantitative estimate of drug-likeness (QED) is 0.554. The SMILES string of the molecule is Cc1nccc(C(Cc2cn(C)nn2)NN)n1. The van der Waals surface area contributed by atoms with Crippen molar-refractivity contribution >= 4 is 0 Å². The van der Waals surface area contributed by atoms with Gasteiger partial charge in [0.25, 0.3) is 0 Å². The summed E-state index contributed by atoms with van der Waals surface area (Å²) in [6.45, 7) is 1.85. The van der Waals surface area contributed by atoms with Crippen LogP contribution in [0.5, 0.6) is 0 Å². The fourth-order valence-electron chi connectivity index (χ4n) is 1.62. The summed E-state index contributed by atoms with van der Waals surface area (Å²) in [4.78, 5) is 8.39. The Morgan fingerprint density at radius 1 is 1.53 bits per heavy atom. The number of hydrogen-bond donors (Lipinski definition) is 2. The van der Waals surface area contributed by atoms with Crippen LogP contribution in [0.1, 0.15) is 23.3 Å². The summed E-state index contributed by atoms with van der Waals surface area (Å²) < 4.78 is 1.66. The summed E-state index contributed by atoms with van der Waals surface area (Å²) >= 11 is 0. The highest BCUT2D eigenvalue weighted by atomic mass is 15.4. The standard InChI is InChI=1S/C10H15N7/c1-7-12-4-3-9(13-7)10(14-11)5-8-6-17(2)16-15-8/h3-4,6,10,14H,5,11H2,1-2H3. The van der Waals surface area contributed by atoms with Crippen LogP contribution in [0.15, 0.2) is 18.5 Å². The molecule has 0 aromatic carbocycles. The van der Waals surface area contributed by atoms with Crippen LogP contribution in [0.4, 0.5) is 0 Å². The van der Waals surface area contributed by atoms with Crippen LogP contribution < -0.4 is 11.3 Å². The first-order valence-corrected chi connectivity index (χ1v) is 5.30. The maximum absolute atomic E-state index is 5.54. The Morgan fingerprint density at radius 3 is 2.94 bits per heavy atom. The fraction of sp³-hybridized carbons (Fsp3) is 0.400. The lowest BCUT2D eigenvalue weighted by Crippen LogP contribution is -2.30. The Bertz CT molecular complexity index is 493. The topological polar surface area (TPSA) is 94.5 Å². The molecule has 17 heavy (non-hydrogen) atoms. The number of rotatable bonds is 4. The Labute approximate surface area is 99.0 Å². The predicted molar refractivity (Wildman–Crippen MR) is 61.5 cm³/mol. The number of nitrogens with one attached hydrogen (secondary N) is 1. The Balaban J connectivity index is 2.16. The van der Waals surface area contributed by atoms with Gasteiger partial charge in [-0.25, -0.2) is 9.97 Å². The number of nitrogens with zero attached hydrogens (tertiary/aromatic N) is 5. The van der Waals surface area contributed by atoms with Crippen LogP contribution in [-0.2, 0) is 13.5 Å². The van der Waals surface area contributed by atoms with Crippen LogP contribution >= 0.6 is 0 Å². The van der Waals surface area contributed by atoms with Gasteiger partial charge in [0, 0.05) is 25.9 Å². The minimum Gasteiger partial charge on any atom is -0.271 e. The molecule has 0 saturated carbocycles. The third kappa shape index (κ3) is 2.83. The van der Waals surface area contributed by atoms with Crippen molar-refractivity contribution in [3.63, 3.8) is 0 Å². The molecule has 0 spiro atoms. The molecule has 0 fully saturated rings. The number of aryl methyl sites for hydroxylation is 2. The summed E-state index contributed by atoms with van der Waals surface area (Å²) in [5, 5.41) is 7.91. The Hall–Kier alpha value is -1.86.